The Balaban J connectivity index is 2.43. The zero-order valence-electron chi connectivity index (χ0n) is 14.9. The normalized spacial score (nSPS) is 11.8. The molecule has 7 heteroatoms. The van der Waals surface area contributed by atoms with E-state index in [0.29, 0.717) is 10.6 Å². The minimum Gasteiger partial charge on any atom is -0.349 e. The molecule has 7 nitrogen and oxygen atoms in total. The molecule has 4 amide bonds. The molecular weight excluding hydrogens is 308 g/mol. The minimum absolute atomic E-state index is 0.0335. The van der Waals surface area contributed by atoms with Gasteiger partial charge in [-0.2, -0.15) is 0 Å². The number of carbonyl (C=O) groups excluding carboxylic acids is 3. The summed E-state index contributed by atoms with van der Waals surface area (Å²) in [6.07, 6.45) is 0. The topological polar surface area (TPSA) is 91.7 Å². The van der Waals surface area contributed by atoms with Crippen molar-refractivity contribution in [1.29, 1.82) is 0 Å². The number of amides is 4. The van der Waals surface area contributed by atoms with E-state index in [9.17, 15) is 14.4 Å². The Labute approximate surface area is 142 Å². The second-order valence-electron chi connectivity index (χ2n) is 6.35. The van der Waals surface area contributed by atoms with Gasteiger partial charge in [-0.3, -0.25) is 14.9 Å². The quantitative estimate of drug-likeness (QED) is 0.589. The fourth-order valence-electron chi connectivity index (χ4n) is 2.26. The summed E-state index contributed by atoms with van der Waals surface area (Å²) in [5.41, 5.74) is 2.67. The van der Waals surface area contributed by atoms with Gasteiger partial charge in [0.05, 0.1) is 7.05 Å². The van der Waals surface area contributed by atoms with E-state index in [0.717, 1.165) is 11.1 Å². The summed E-state index contributed by atoms with van der Waals surface area (Å²) < 4.78 is 0. The number of carbonyl (C=O) groups is 3. The van der Waals surface area contributed by atoms with Gasteiger partial charge < -0.3 is 15.5 Å². The van der Waals surface area contributed by atoms with E-state index in [2.05, 4.69) is 16.0 Å². The summed E-state index contributed by atoms with van der Waals surface area (Å²) in [5, 5.41) is 7.68. The first-order chi connectivity index (χ1) is 11.2. The average molecular weight is 335 g/mol. The zero-order valence-corrected chi connectivity index (χ0v) is 14.9. The number of hydrogen-bond donors (Lipinski definition) is 4. The van der Waals surface area contributed by atoms with Gasteiger partial charge in [-0.1, -0.05) is 17.7 Å². The van der Waals surface area contributed by atoms with Crippen molar-refractivity contribution in [3.63, 3.8) is 0 Å². The number of rotatable bonds is 6. The maximum absolute atomic E-state index is 11.9. The van der Waals surface area contributed by atoms with Gasteiger partial charge >= 0.3 is 6.03 Å². The molecule has 0 aromatic heterocycles. The lowest BCUT2D eigenvalue weighted by atomic mass is 10.1. The molecule has 0 bridgehead atoms. The summed E-state index contributed by atoms with van der Waals surface area (Å²) in [6, 6.07) is 5.11. The number of likely N-dealkylation sites (N-methyl/N-ethyl adjacent to an activating group) is 1. The summed E-state index contributed by atoms with van der Waals surface area (Å²) in [5.74, 6) is -0.567. The smallest absolute Gasteiger partial charge is 0.326 e. The van der Waals surface area contributed by atoms with Crippen LogP contribution in [-0.4, -0.2) is 44.0 Å². The van der Waals surface area contributed by atoms with Crippen molar-refractivity contribution < 1.29 is 19.3 Å². The molecule has 0 spiro atoms. The van der Waals surface area contributed by atoms with Crippen LogP contribution in [0.15, 0.2) is 18.2 Å². The van der Waals surface area contributed by atoms with Crippen molar-refractivity contribution in [2.75, 3.05) is 25.5 Å². The molecule has 1 aromatic carbocycles. The molecule has 4 N–H and O–H groups in total. The molecule has 1 unspecified atom stereocenters. The number of aryl methyl sites for hydroxylation is 2. The lowest BCUT2D eigenvalue weighted by Crippen LogP contribution is -3.11. The van der Waals surface area contributed by atoms with Gasteiger partial charge in [0, 0.05) is 11.7 Å². The van der Waals surface area contributed by atoms with E-state index in [1.807, 2.05) is 39.8 Å². The van der Waals surface area contributed by atoms with E-state index in [4.69, 9.17) is 0 Å². The number of nitrogens with one attached hydrogen (secondary N) is 4. The SMILES string of the molecule is Cc1ccc(NC(=O)NC(=O)C[NH+](C)CC(=O)NC(C)C)c(C)c1. The van der Waals surface area contributed by atoms with Gasteiger partial charge in [0.2, 0.25) is 0 Å². The molecule has 0 saturated carbocycles. The molecule has 0 aliphatic rings. The highest BCUT2D eigenvalue weighted by molar-refractivity contribution is 6.01. The highest BCUT2D eigenvalue weighted by atomic mass is 16.2. The number of urea groups is 1. The Morgan fingerprint density at radius 3 is 2.29 bits per heavy atom. The Morgan fingerprint density at radius 1 is 1.08 bits per heavy atom. The van der Waals surface area contributed by atoms with E-state index >= 15 is 0 Å². The van der Waals surface area contributed by atoms with Crippen LogP contribution in [0.3, 0.4) is 0 Å². The third-order valence-electron chi connectivity index (χ3n) is 3.26. The van der Waals surface area contributed by atoms with Crippen LogP contribution >= 0.6 is 0 Å². The van der Waals surface area contributed by atoms with Crippen LogP contribution < -0.4 is 20.9 Å². The second-order valence-corrected chi connectivity index (χ2v) is 6.35. The van der Waals surface area contributed by atoms with Crippen molar-refractivity contribution >= 4 is 23.5 Å². The van der Waals surface area contributed by atoms with E-state index in [-0.39, 0.29) is 25.0 Å². The van der Waals surface area contributed by atoms with Gasteiger partial charge in [0.1, 0.15) is 0 Å². The van der Waals surface area contributed by atoms with Gasteiger partial charge in [0.25, 0.3) is 11.8 Å². The van der Waals surface area contributed by atoms with Crippen LogP contribution in [0.5, 0.6) is 0 Å². The van der Waals surface area contributed by atoms with Crippen molar-refractivity contribution in [3.05, 3.63) is 29.3 Å². The first-order valence-corrected chi connectivity index (χ1v) is 7.96. The third-order valence-corrected chi connectivity index (χ3v) is 3.26. The summed E-state index contributed by atoms with van der Waals surface area (Å²) in [4.78, 5) is 36.1. The molecular formula is C17H27N4O3+. The summed E-state index contributed by atoms with van der Waals surface area (Å²) in [6.45, 7) is 7.80. The van der Waals surface area contributed by atoms with Crippen LogP contribution in [0.2, 0.25) is 0 Å². The lowest BCUT2D eigenvalue weighted by Gasteiger charge is -2.15. The molecule has 132 valence electrons. The van der Waals surface area contributed by atoms with E-state index < -0.39 is 11.9 Å². The minimum atomic E-state index is -0.577. The molecule has 1 aromatic rings. The fraction of sp³-hybridized carbons (Fsp3) is 0.471. The molecule has 1 atom stereocenters. The molecule has 0 aliphatic carbocycles. The number of benzene rings is 1. The number of quaternary nitrogens is 1. The Hall–Kier alpha value is -2.41. The maximum atomic E-state index is 11.9. The van der Waals surface area contributed by atoms with Gasteiger partial charge in [-0.25, -0.2) is 4.79 Å². The first kappa shape index (κ1) is 19.6. The zero-order chi connectivity index (χ0) is 18.3. The van der Waals surface area contributed by atoms with Crippen molar-refractivity contribution in [3.8, 4) is 0 Å². The number of anilines is 1. The Kier molecular flexibility index (Phi) is 7.38. The predicted octanol–water partition coefficient (Wildman–Crippen LogP) is -0.00916. The van der Waals surface area contributed by atoms with E-state index in [1.165, 1.54) is 0 Å². The van der Waals surface area contributed by atoms with Crippen LogP contribution in [0.4, 0.5) is 10.5 Å². The molecule has 1 rings (SSSR count). The second kappa shape index (κ2) is 9.02. The Bertz CT molecular complexity index is 614. The fourth-order valence-corrected chi connectivity index (χ4v) is 2.26. The maximum Gasteiger partial charge on any atom is 0.326 e. The predicted molar refractivity (Wildman–Crippen MR) is 93.0 cm³/mol. The van der Waals surface area contributed by atoms with Gasteiger partial charge in [-0.15, -0.1) is 0 Å². The molecule has 0 radical (unpaired) electrons. The highest BCUT2D eigenvalue weighted by Gasteiger charge is 2.16. The van der Waals surface area contributed by atoms with Crippen molar-refractivity contribution in [1.82, 2.24) is 10.6 Å². The molecule has 0 heterocycles. The number of imide groups is 1. The third kappa shape index (κ3) is 7.23. The summed E-state index contributed by atoms with van der Waals surface area (Å²) >= 11 is 0. The van der Waals surface area contributed by atoms with Crippen molar-refractivity contribution in [2.24, 2.45) is 0 Å². The van der Waals surface area contributed by atoms with Crippen LogP contribution in [0.25, 0.3) is 0 Å². The largest absolute Gasteiger partial charge is 0.349 e. The molecule has 0 fully saturated rings. The lowest BCUT2D eigenvalue weighted by molar-refractivity contribution is -0.862. The standard InChI is InChI=1S/C17H26N4O3/c1-11(2)18-15(22)9-21(5)10-16(23)20-17(24)19-14-7-6-12(3)8-13(14)4/h6-8,11H,9-10H2,1-5H3,(H,18,22)(H2,19,20,23,24)/p+1. The van der Waals surface area contributed by atoms with Gasteiger partial charge in [0.15, 0.2) is 13.1 Å². The van der Waals surface area contributed by atoms with Gasteiger partial charge in [-0.05, 0) is 39.3 Å². The molecule has 0 aliphatic heterocycles. The Morgan fingerprint density at radius 2 is 1.71 bits per heavy atom. The van der Waals surface area contributed by atoms with E-state index in [1.54, 1.807) is 13.1 Å². The van der Waals surface area contributed by atoms with Crippen LogP contribution in [0.1, 0.15) is 25.0 Å². The molecule has 0 saturated heterocycles. The first-order valence-electron chi connectivity index (χ1n) is 7.96. The average Bonchev–Trinajstić information content (AvgIpc) is 2.40. The summed E-state index contributed by atoms with van der Waals surface area (Å²) in [7, 11) is 1.72. The molecule has 24 heavy (non-hydrogen) atoms. The highest BCUT2D eigenvalue weighted by Crippen LogP contribution is 2.15. The monoisotopic (exact) mass is 335 g/mol. The number of hydrogen-bond acceptors (Lipinski definition) is 3. The van der Waals surface area contributed by atoms with Crippen LogP contribution in [-0.2, 0) is 9.59 Å². The van der Waals surface area contributed by atoms with Crippen molar-refractivity contribution in [2.45, 2.75) is 33.7 Å². The van der Waals surface area contributed by atoms with Crippen LogP contribution in [0, 0.1) is 13.8 Å².